The molecule has 2 aromatic carbocycles. The van der Waals surface area contributed by atoms with E-state index >= 15 is 0 Å². The Labute approximate surface area is 192 Å². The molecule has 4 rings (SSSR count). The molecule has 1 aliphatic heterocycles. The number of aromatic nitrogens is 1. The molecule has 2 heterocycles. The number of carbonyl (C=O) groups is 3. The Morgan fingerprint density at radius 2 is 1.97 bits per heavy atom. The molecule has 0 radical (unpaired) electrons. The number of fused-ring (bicyclic) bond motifs is 1. The summed E-state index contributed by atoms with van der Waals surface area (Å²) in [5, 5.41) is 4.26. The number of amides is 3. The number of hydrogen-bond donors (Lipinski definition) is 2. The topological polar surface area (TPSA) is 82.3 Å². The number of imide groups is 1. The van der Waals surface area contributed by atoms with Crippen LogP contribution in [0.3, 0.4) is 0 Å². The van der Waals surface area contributed by atoms with Crippen molar-refractivity contribution in [3.63, 3.8) is 0 Å². The van der Waals surface area contributed by atoms with Crippen LogP contribution in [0, 0.1) is 0 Å². The van der Waals surface area contributed by atoms with Gasteiger partial charge in [-0.3, -0.25) is 19.3 Å². The van der Waals surface area contributed by atoms with Crippen molar-refractivity contribution in [3.8, 4) is 0 Å². The summed E-state index contributed by atoms with van der Waals surface area (Å²) < 4.78 is 0. The van der Waals surface area contributed by atoms with Gasteiger partial charge in [0.2, 0.25) is 5.91 Å². The molecule has 0 aliphatic carbocycles. The average Bonchev–Trinajstić information content (AvgIpc) is 3.26. The molecule has 0 saturated carbocycles. The van der Waals surface area contributed by atoms with Gasteiger partial charge >= 0.3 is 0 Å². The quantitative estimate of drug-likeness (QED) is 0.500. The third-order valence-corrected chi connectivity index (χ3v) is 6.28. The number of carbonyl (C=O) groups excluding carboxylic acids is 3. The van der Waals surface area contributed by atoms with Gasteiger partial charge in [-0.15, -0.1) is 0 Å². The first-order valence-electron chi connectivity index (χ1n) is 9.44. The summed E-state index contributed by atoms with van der Waals surface area (Å²) in [6, 6.07) is 12.7. The molecule has 1 aliphatic rings. The molecule has 2 N–H and O–H groups in total. The zero-order valence-electron chi connectivity index (χ0n) is 16.2. The van der Waals surface area contributed by atoms with E-state index in [0.717, 1.165) is 33.1 Å². The molecule has 31 heavy (non-hydrogen) atoms. The SMILES string of the molecule is O=C(Cc1c[nH]c2ccccc12)NCCN1C(=O)S/C(=C\c2ccc(Cl)cc2Cl)C1=O. The minimum atomic E-state index is -0.410. The number of H-pyrrole nitrogens is 1. The predicted molar refractivity (Wildman–Crippen MR) is 124 cm³/mol. The van der Waals surface area contributed by atoms with Crippen LogP contribution in [0.1, 0.15) is 11.1 Å². The Balaban J connectivity index is 1.34. The lowest BCUT2D eigenvalue weighted by molar-refractivity contribution is -0.124. The summed E-state index contributed by atoms with van der Waals surface area (Å²) >= 11 is 12.9. The Morgan fingerprint density at radius 1 is 1.16 bits per heavy atom. The molecule has 1 aromatic heterocycles. The highest BCUT2D eigenvalue weighted by Crippen LogP contribution is 2.33. The minimum absolute atomic E-state index is 0.0932. The molecule has 0 bridgehead atoms. The number of nitrogens with zero attached hydrogens (tertiary/aromatic N) is 1. The molecule has 158 valence electrons. The van der Waals surface area contributed by atoms with Gasteiger partial charge in [0, 0.05) is 40.2 Å². The van der Waals surface area contributed by atoms with Crippen molar-refractivity contribution in [2.24, 2.45) is 0 Å². The maximum Gasteiger partial charge on any atom is 0.293 e. The lowest BCUT2D eigenvalue weighted by atomic mass is 10.1. The average molecular weight is 474 g/mol. The maximum atomic E-state index is 12.6. The molecule has 1 saturated heterocycles. The van der Waals surface area contributed by atoms with Crippen LogP contribution in [-0.2, 0) is 16.0 Å². The fraction of sp³-hybridized carbons (Fsp3) is 0.136. The first-order valence-corrected chi connectivity index (χ1v) is 11.0. The first-order chi connectivity index (χ1) is 14.9. The van der Waals surface area contributed by atoms with E-state index in [1.807, 2.05) is 30.5 Å². The Kier molecular flexibility index (Phi) is 6.36. The standard InChI is InChI=1S/C22H17Cl2N3O3S/c23-15-6-5-13(17(24)11-15)9-19-21(29)27(22(30)31-19)8-7-25-20(28)10-14-12-26-18-4-2-1-3-16(14)18/h1-6,9,11-12,26H,7-8,10H2,(H,25,28)/b19-9-. The number of thioether (sulfide) groups is 1. The van der Waals surface area contributed by atoms with Crippen LogP contribution in [0.25, 0.3) is 17.0 Å². The predicted octanol–water partition coefficient (Wildman–Crippen LogP) is 4.87. The summed E-state index contributed by atoms with van der Waals surface area (Å²) in [5.41, 5.74) is 2.46. The summed E-state index contributed by atoms with van der Waals surface area (Å²) in [6.45, 7) is 0.268. The van der Waals surface area contributed by atoms with E-state index in [1.54, 1.807) is 24.3 Å². The van der Waals surface area contributed by atoms with Crippen molar-refractivity contribution in [3.05, 3.63) is 74.7 Å². The summed E-state index contributed by atoms with van der Waals surface area (Å²) in [6.07, 6.45) is 3.59. The number of para-hydroxylation sites is 1. The zero-order chi connectivity index (χ0) is 22.0. The van der Waals surface area contributed by atoms with Gasteiger partial charge in [0.15, 0.2) is 0 Å². The smallest absolute Gasteiger partial charge is 0.293 e. The number of hydrogen-bond acceptors (Lipinski definition) is 4. The van der Waals surface area contributed by atoms with E-state index in [2.05, 4.69) is 10.3 Å². The van der Waals surface area contributed by atoms with Gasteiger partial charge in [-0.2, -0.15) is 0 Å². The van der Waals surface area contributed by atoms with Crippen LogP contribution in [0.15, 0.2) is 53.6 Å². The highest BCUT2D eigenvalue weighted by atomic mass is 35.5. The fourth-order valence-electron chi connectivity index (χ4n) is 3.27. The van der Waals surface area contributed by atoms with Gasteiger partial charge in [-0.05, 0) is 47.2 Å². The van der Waals surface area contributed by atoms with Crippen molar-refractivity contribution >= 4 is 69.0 Å². The lowest BCUT2D eigenvalue weighted by Crippen LogP contribution is -2.37. The third kappa shape index (κ3) is 4.79. The molecule has 3 aromatic rings. The summed E-state index contributed by atoms with van der Waals surface area (Å²) in [5.74, 6) is -0.591. The van der Waals surface area contributed by atoms with Gasteiger partial charge < -0.3 is 10.3 Å². The van der Waals surface area contributed by atoms with Crippen molar-refractivity contribution < 1.29 is 14.4 Å². The van der Waals surface area contributed by atoms with Crippen LogP contribution >= 0.6 is 35.0 Å². The van der Waals surface area contributed by atoms with Crippen molar-refractivity contribution in [2.75, 3.05) is 13.1 Å². The lowest BCUT2D eigenvalue weighted by Gasteiger charge is -2.13. The van der Waals surface area contributed by atoms with Crippen molar-refractivity contribution in [2.45, 2.75) is 6.42 Å². The van der Waals surface area contributed by atoms with Crippen LogP contribution in [0.5, 0.6) is 0 Å². The summed E-state index contributed by atoms with van der Waals surface area (Å²) in [4.78, 5) is 41.7. The second-order valence-corrected chi connectivity index (χ2v) is 8.72. The monoisotopic (exact) mass is 473 g/mol. The van der Waals surface area contributed by atoms with Gasteiger partial charge in [0.25, 0.3) is 11.1 Å². The fourth-order valence-corrected chi connectivity index (χ4v) is 4.59. The van der Waals surface area contributed by atoms with Crippen LogP contribution in [0.4, 0.5) is 4.79 Å². The van der Waals surface area contributed by atoms with Crippen molar-refractivity contribution in [1.29, 1.82) is 0 Å². The van der Waals surface area contributed by atoms with E-state index < -0.39 is 5.91 Å². The minimum Gasteiger partial charge on any atom is -0.361 e. The van der Waals surface area contributed by atoms with E-state index in [-0.39, 0.29) is 35.6 Å². The number of halogens is 2. The van der Waals surface area contributed by atoms with E-state index in [0.29, 0.717) is 15.6 Å². The van der Waals surface area contributed by atoms with Gasteiger partial charge in [0.05, 0.1) is 11.3 Å². The Morgan fingerprint density at radius 3 is 2.77 bits per heavy atom. The highest BCUT2D eigenvalue weighted by Gasteiger charge is 2.34. The summed E-state index contributed by atoms with van der Waals surface area (Å²) in [7, 11) is 0. The van der Waals surface area contributed by atoms with Crippen molar-refractivity contribution in [1.82, 2.24) is 15.2 Å². The molecule has 6 nitrogen and oxygen atoms in total. The van der Waals surface area contributed by atoms with E-state index in [4.69, 9.17) is 23.2 Å². The van der Waals surface area contributed by atoms with E-state index in [1.165, 1.54) is 0 Å². The molecule has 9 heteroatoms. The molecule has 0 unspecified atom stereocenters. The molecule has 0 atom stereocenters. The van der Waals surface area contributed by atoms with Gasteiger partial charge in [0.1, 0.15) is 0 Å². The van der Waals surface area contributed by atoms with E-state index in [9.17, 15) is 14.4 Å². The van der Waals surface area contributed by atoms with Gasteiger partial charge in [-0.25, -0.2) is 0 Å². The molecular formula is C22H17Cl2N3O3S. The van der Waals surface area contributed by atoms with Crippen LogP contribution in [-0.4, -0.2) is 40.0 Å². The number of aromatic amines is 1. The normalized spacial score (nSPS) is 15.3. The van der Waals surface area contributed by atoms with Crippen LogP contribution in [0.2, 0.25) is 10.0 Å². The molecular weight excluding hydrogens is 457 g/mol. The number of nitrogens with one attached hydrogen (secondary N) is 2. The zero-order valence-corrected chi connectivity index (χ0v) is 18.5. The second-order valence-electron chi connectivity index (χ2n) is 6.89. The molecule has 0 spiro atoms. The second kappa shape index (κ2) is 9.18. The Hall–Kier alpha value is -2.74. The Bertz CT molecular complexity index is 1220. The number of benzene rings is 2. The molecule has 3 amide bonds. The first kappa shape index (κ1) is 21.5. The number of rotatable bonds is 6. The maximum absolute atomic E-state index is 12.6. The van der Waals surface area contributed by atoms with Gasteiger partial charge in [-0.1, -0.05) is 47.5 Å². The largest absolute Gasteiger partial charge is 0.361 e. The van der Waals surface area contributed by atoms with Crippen LogP contribution < -0.4 is 5.32 Å². The third-order valence-electron chi connectivity index (χ3n) is 4.81. The highest BCUT2D eigenvalue weighted by molar-refractivity contribution is 8.18. The molecule has 1 fully saturated rings.